The summed E-state index contributed by atoms with van der Waals surface area (Å²) in [4.78, 5) is 6.78. The van der Waals surface area contributed by atoms with Crippen LogP contribution < -0.4 is 0 Å². The van der Waals surface area contributed by atoms with E-state index >= 15 is 0 Å². The molecule has 1 rings (SSSR count). The Balaban J connectivity index is 2.46. The molecular weight excluding hydrogens is 248 g/mol. The van der Waals surface area contributed by atoms with Crippen LogP contribution in [0.4, 0.5) is 0 Å². The van der Waals surface area contributed by atoms with E-state index in [0.717, 1.165) is 23.0 Å². The van der Waals surface area contributed by atoms with Gasteiger partial charge in [-0.05, 0) is 20.2 Å². The fraction of sp³-hybridized carbons (Fsp3) is 0.700. The molecule has 86 valence electrons. The molecule has 0 aliphatic carbocycles. The largest absolute Gasteiger partial charge is 0.296 e. The first-order chi connectivity index (χ1) is 7.17. The van der Waals surface area contributed by atoms with Gasteiger partial charge in [-0.25, -0.2) is 4.98 Å². The third kappa shape index (κ3) is 4.31. The zero-order valence-corrected chi connectivity index (χ0v) is 11.8. The number of halogens is 1. The Kier molecular flexibility index (Phi) is 5.97. The molecule has 0 aliphatic heterocycles. The predicted octanol–water partition coefficient (Wildman–Crippen LogP) is 3.07. The van der Waals surface area contributed by atoms with Gasteiger partial charge in [-0.3, -0.25) is 4.90 Å². The molecule has 5 heteroatoms. The van der Waals surface area contributed by atoms with Crippen molar-refractivity contribution in [3.63, 3.8) is 0 Å². The van der Waals surface area contributed by atoms with Crippen molar-refractivity contribution in [3.05, 3.63) is 16.1 Å². The number of thiazole rings is 1. The average Bonchev–Trinajstić information content (AvgIpc) is 2.66. The van der Waals surface area contributed by atoms with Crippen LogP contribution in [0, 0.1) is 0 Å². The molecule has 1 atom stereocenters. The highest BCUT2D eigenvalue weighted by atomic mass is 35.5. The van der Waals surface area contributed by atoms with Crippen LogP contribution in [-0.4, -0.2) is 35.0 Å². The maximum atomic E-state index is 5.72. The Morgan fingerprint density at radius 3 is 2.93 bits per heavy atom. The summed E-state index contributed by atoms with van der Waals surface area (Å²) in [6.07, 6.45) is 2.14. The minimum Gasteiger partial charge on any atom is -0.296 e. The van der Waals surface area contributed by atoms with Gasteiger partial charge in [0.05, 0.1) is 18.1 Å². The Morgan fingerprint density at radius 2 is 2.40 bits per heavy atom. The summed E-state index contributed by atoms with van der Waals surface area (Å²) in [5.41, 5.74) is 0.989. The van der Waals surface area contributed by atoms with Crippen molar-refractivity contribution in [2.24, 2.45) is 0 Å². The summed E-state index contributed by atoms with van der Waals surface area (Å²) < 4.78 is 0. The summed E-state index contributed by atoms with van der Waals surface area (Å²) in [7, 11) is 2.14. The molecule has 0 N–H and O–H groups in total. The molecule has 0 aliphatic rings. The molecule has 2 nitrogen and oxygen atoms in total. The number of alkyl halides is 1. The molecule has 0 amide bonds. The highest BCUT2D eigenvalue weighted by Gasteiger charge is 2.10. The smallest absolute Gasteiger partial charge is 0.107 e. The highest BCUT2D eigenvalue weighted by Crippen LogP contribution is 2.15. The summed E-state index contributed by atoms with van der Waals surface area (Å²) in [5.74, 6) is 1.67. The Morgan fingerprint density at radius 1 is 1.67 bits per heavy atom. The van der Waals surface area contributed by atoms with E-state index < -0.39 is 0 Å². The molecule has 0 spiro atoms. The first-order valence-electron chi connectivity index (χ1n) is 4.85. The monoisotopic (exact) mass is 264 g/mol. The lowest BCUT2D eigenvalue weighted by Gasteiger charge is -2.22. The van der Waals surface area contributed by atoms with Crippen molar-refractivity contribution in [3.8, 4) is 0 Å². The topological polar surface area (TPSA) is 16.1 Å². The molecule has 1 unspecified atom stereocenters. The second-order valence-electron chi connectivity index (χ2n) is 3.59. The average molecular weight is 265 g/mol. The van der Waals surface area contributed by atoms with Gasteiger partial charge in [-0.1, -0.05) is 0 Å². The van der Waals surface area contributed by atoms with E-state index in [-0.39, 0.29) is 0 Å². The van der Waals surface area contributed by atoms with Gasteiger partial charge in [0, 0.05) is 17.2 Å². The zero-order chi connectivity index (χ0) is 11.3. The number of rotatable bonds is 6. The number of hydrogen-bond acceptors (Lipinski definition) is 4. The first kappa shape index (κ1) is 13.3. The molecule has 1 heterocycles. The third-order valence-electron chi connectivity index (χ3n) is 2.28. The van der Waals surface area contributed by atoms with Crippen LogP contribution in [0.15, 0.2) is 5.38 Å². The van der Waals surface area contributed by atoms with E-state index in [1.807, 2.05) is 17.1 Å². The van der Waals surface area contributed by atoms with Crippen molar-refractivity contribution in [1.82, 2.24) is 9.88 Å². The minimum absolute atomic E-state index is 0.514. The maximum Gasteiger partial charge on any atom is 0.107 e. The van der Waals surface area contributed by atoms with Gasteiger partial charge in [0.1, 0.15) is 5.01 Å². The van der Waals surface area contributed by atoms with Gasteiger partial charge < -0.3 is 0 Å². The molecule has 0 fully saturated rings. The highest BCUT2D eigenvalue weighted by molar-refractivity contribution is 7.98. The lowest BCUT2D eigenvalue weighted by Crippen LogP contribution is -2.30. The second kappa shape index (κ2) is 6.74. The second-order valence-corrected chi connectivity index (χ2v) is 5.71. The molecule has 0 bridgehead atoms. The van der Waals surface area contributed by atoms with Crippen LogP contribution in [0.5, 0.6) is 0 Å². The number of nitrogens with zero attached hydrogens (tertiary/aromatic N) is 2. The SMILES string of the molecule is CSCC(C)N(C)Cc1nc(CCl)cs1. The number of aromatic nitrogens is 1. The van der Waals surface area contributed by atoms with E-state index in [0.29, 0.717) is 11.9 Å². The van der Waals surface area contributed by atoms with E-state index in [4.69, 9.17) is 11.6 Å². The van der Waals surface area contributed by atoms with Crippen LogP contribution in [0.2, 0.25) is 0 Å². The van der Waals surface area contributed by atoms with Gasteiger partial charge in [-0.15, -0.1) is 22.9 Å². The lowest BCUT2D eigenvalue weighted by molar-refractivity contribution is 0.269. The Bertz CT molecular complexity index is 291. The van der Waals surface area contributed by atoms with Gasteiger partial charge in [-0.2, -0.15) is 11.8 Å². The number of thioether (sulfide) groups is 1. The van der Waals surface area contributed by atoms with Gasteiger partial charge in [0.25, 0.3) is 0 Å². The molecular formula is C10H17ClN2S2. The van der Waals surface area contributed by atoms with E-state index in [1.54, 1.807) is 11.3 Å². The Hall–Kier alpha value is 0.230. The third-order valence-corrected chi connectivity index (χ3v) is 4.25. The molecule has 0 aromatic carbocycles. The summed E-state index contributed by atoms with van der Waals surface area (Å²) >= 11 is 9.29. The van der Waals surface area contributed by atoms with Gasteiger partial charge in [0.15, 0.2) is 0 Å². The van der Waals surface area contributed by atoms with Crippen LogP contribution in [0.25, 0.3) is 0 Å². The lowest BCUT2D eigenvalue weighted by atomic mass is 10.3. The summed E-state index contributed by atoms with van der Waals surface area (Å²) in [6, 6.07) is 0.586. The minimum atomic E-state index is 0.514. The van der Waals surface area contributed by atoms with Crippen molar-refractivity contribution in [2.45, 2.75) is 25.4 Å². The van der Waals surface area contributed by atoms with Crippen molar-refractivity contribution in [1.29, 1.82) is 0 Å². The van der Waals surface area contributed by atoms with E-state index in [2.05, 4.69) is 30.1 Å². The van der Waals surface area contributed by atoms with E-state index in [1.165, 1.54) is 0 Å². The molecule has 0 radical (unpaired) electrons. The summed E-state index contributed by atoms with van der Waals surface area (Å²) in [5, 5.41) is 3.19. The maximum absolute atomic E-state index is 5.72. The number of hydrogen-bond donors (Lipinski definition) is 0. The quantitative estimate of drug-likeness (QED) is 0.735. The van der Waals surface area contributed by atoms with Crippen LogP contribution in [0.3, 0.4) is 0 Å². The van der Waals surface area contributed by atoms with Crippen LogP contribution >= 0.6 is 34.7 Å². The van der Waals surface area contributed by atoms with Crippen molar-refractivity contribution < 1.29 is 0 Å². The molecule has 1 aromatic rings. The van der Waals surface area contributed by atoms with Gasteiger partial charge >= 0.3 is 0 Å². The van der Waals surface area contributed by atoms with Crippen LogP contribution in [0.1, 0.15) is 17.6 Å². The first-order valence-corrected chi connectivity index (χ1v) is 7.66. The zero-order valence-electron chi connectivity index (χ0n) is 9.36. The molecule has 1 aromatic heterocycles. The fourth-order valence-electron chi connectivity index (χ4n) is 1.22. The fourth-order valence-corrected chi connectivity index (χ4v) is 3.04. The standard InChI is InChI=1S/C10H17ClN2S2/c1-8(6-14-3)13(2)5-10-12-9(4-11)7-15-10/h7-8H,4-6H2,1-3H3. The molecule has 0 saturated heterocycles. The van der Waals surface area contributed by atoms with Crippen molar-refractivity contribution in [2.75, 3.05) is 19.1 Å². The van der Waals surface area contributed by atoms with E-state index in [9.17, 15) is 0 Å². The Labute approximate surface area is 105 Å². The molecule has 15 heavy (non-hydrogen) atoms. The predicted molar refractivity (Wildman–Crippen MR) is 71.0 cm³/mol. The van der Waals surface area contributed by atoms with Crippen molar-refractivity contribution >= 4 is 34.7 Å². The molecule has 0 saturated carbocycles. The summed E-state index contributed by atoms with van der Waals surface area (Å²) in [6.45, 7) is 3.16. The van der Waals surface area contributed by atoms with Crippen LogP contribution in [-0.2, 0) is 12.4 Å². The normalized spacial score (nSPS) is 13.4. The van der Waals surface area contributed by atoms with Gasteiger partial charge in [0.2, 0.25) is 0 Å².